The predicted molar refractivity (Wildman–Crippen MR) is 111 cm³/mol. The number of halogens is 1. The van der Waals surface area contributed by atoms with Crippen LogP contribution in [0.1, 0.15) is 23.0 Å². The Morgan fingerprint density at radius 3 is 2.67 bits per heavy atom. The quantitative estimate of drug-likeness (QED) is 0.649. The van der Waals surface area contributed by atoms with Gasteiger partial charge in [0.05, 0.1) is 25.5 Å². The van der Waals surface area contributed by atoms with Crippen LogP contribution in [0.3, 0.4) is 0 Å². The van der Waals surface area contributed by atoms with Crippen LogP contribution >= 0.6 is 0 Å². The second-order valence-electron chi connectivity index (χ2n) is 7.39. The number of carbonyl (C=O) groups is 1. The van der Waals surface area contributed by atoms with Crippen LogP contribution in [0.2, 0.25) is 0 Å². The van der Waals surface area contributed by atoms with Crippen LogP contribution in [-0.4, -0.2) is 58.6 Å². The van der Waals surface area contributed by atoms with Gasteiger partial charge in [0, 0.05) is 25.7 Å². The fraction of sp³-hybridized carbons (Fsp3) is 0.318. The lowest BCUT2D eigenvalue weighted by atomic mass is 10.1. The van der Waals surface area contributed by atoms with Crippen molar-refractivity contribution < 1.29 is 13.9 Å². The Morgan fingerprint density at radius 1 is 1.17 bits per heavy atom. The summed E-state index contributed by atoms with van der Waals surface area (Å²) in [6.45, 7) is 4.46. The highest BCUT2D eigenvalue weighted by Crippen LogP contribution is 2.29. The SMILES string of the molecule is COc1ccccc1N1CCN(C(=O)c2cn(Cc3ccc(F)cc3)nn2)C(C)C1. The van der Waals surface area contributed by atoms with Gasteiger partial charge in [0.15, 0.2) is 5.69 Å². The number of aromatic nitrogens is 3. The van der Waals surface area contributed by atoms with E-state index in [9.17, 15) is 9.18 Å². The molecule has 1 atom stereocenters. The molecule has 1 aromatic heterocycles. The number of para-hydroxylation sites is 2. The maximum atomic E-state index is 13.1. The Balaban J connectivity index is 1.42. The van der Waals surface area contributed by atoms with Crippen molar-refractivity contribution in [1.29, 1.82) is 0 Å². The monoisotopic (exact) mass is 409 g/mol. The lowest BCUT2D eigenvalue weighted by molar-refractivity contribution is 0.0667. The van der Waals surface area contributed by atoms with Crippen LogP contribution in [-0.2, 0) is 6.54 Å². The summed E-state index contributed by atoms with van der Waals surface area (Å²) in [5.74, 6) is 0.412. The van der Waals surface area contributed by atoms with Crippen LogP contribution in [0.5, 0.6) is 5.75 Å². The predicted octanol–water partition coefficient (Wildman–Crippen LogP) is 2.83. The zero-order chi connectivity index (χ0) is 21.1. The number of hydrogen-bond acceptors (Lipinski definition) is 5. The first-order valence-electron chi connectivity index (χ1n) is 9.88. The number of piperazine rings is 1. The zero-order valence-electron chi connectivity index (χ0n) is 17.0. The summed E-state index contributed by atoms with van der Waals surface area (Å²) < 4.78 is 20.1. The molecule has 8 heteroatoms. The van der Waals surface area contributed by atoms with Crippen LogP contribution < -0.4 is 9.64 Å². The topological polar surface area (TPSA) is 63.5 Å². The van der Waals surface area contributed by atoms with Gasteiger partial charge in [-0.25, -0.2) is 9.07 Å². The average Bonchev–Trinajstić information content (AvgIpc) is 3.23. The second kappa shape index (κ2) is 8.52. The van der Waals surface area contributed by atoms with Crippen LogP contribution in [0.15, 0.2) is 54.7 Å². The Morgan fingerprint density at radius 2 is 1.93 bits per heavy atom. The number of anilines is 1. The number of ether oxygens (including phenoxy) is 1. The van der Waals surface area contributed by atoms with Crippen LogP contribution in [0.25, 0.3) is 0 Å². The van der Waals surface area contributed by atoms with Crippen molar-refractivity contribution in [2.45, 2.75) is 19.5 Å². The van der Waals surface area contributed by atoms with E-state index >= 15 is 0 Å². The smallest absolute Gasteiger partial charge is 0.276 e. The number of carbonyl (C=O) groups excluding carboxylic acids is 1. The van der Waals surface area contributed by atoms with Gasteiger partial charge >= 0.3 is 0 Å². The maximum Gasteiger partial charge on any atom is 0.276 e. The van der Waals surface area contributed by atoms with E-state index < -0.39 is 0 Å². The minimum absolute atomic E-state index is 0.0124. The average molecular weight is 409 g/mol. The lowest BCUT2D eigenvalue weighted by Gasteiger charge is -2.41. The molecule has 0 bridgehead atoms. The summed E-state index contributed by atoms with van der Waals surface area (Å²) in [5, 5.41) is 8.12. The van der Waals surface area contributed by atoms with Gasteiger partial charge in [0.25, 0.3) is 5.91 Å². The highest BCUT2D eigenvalue weighted by Gasteiger charge is 2.30. The molecule has 1 unspecified atom stereocenters. The number of hydrogen-bond donors (Lipinski definition) is 0. The summed E-state index contributed by atoms with van der Waals surface area (Å²) in [5.41, 5.74) is 2.23. The largest absolute Gasteiger partial charge is 0.495 e. The molecular formula is C22H24FN5O2. The molecule has 30 heavy (non-hydrogen) atoms. The van der Waals surface area contributed by atoms with E-state index in [0.717, 1.165) is 17.0 Å². The molecule has 0 saturated carbocycles. The number of methoxy groups -OCH3 is 1. The Kier molecular flexibility index (Phi) is 5.65. The van der Waals surface area contributed by atoms with E-state index in [0.29, 0.717) is 31.9 Å². The van der Waals surface area contributed by atoms with Gasteiger partial charge in [-0.1, -0.05) is 29.5 Å². The third kappa shape index (κ3) is 4.12. The highest BCUT2D eigenvalue weighted by atomic mass is 19.1. The molecule has 0 spiro atoms. The molecule has 2 heterocycles. The summed E-state index contributed by atoms with van der Waals surface area (Å²) in [6, 6.07) is 14.1. The minimum atomic E-state index is -0.283. The molecule has 1 aliphatic rings. The molecule has 0 N–H and O–H groups in total. The summed E-state index contributed by atoms with van der Waals surface area (Å²) >= 11 is 0. The first-order valence-corrected chi connectivity index (χ1v) is 9.88. The Hall–Kier alpha value is -3.42. The summed E-state index contributed by atoms with van der Waals surface area (Å²) in [6.07, 6.45) is 1.64. The zero-order valence-corrected chi connectivity index (χ0v) is 17.0. The third-order valence-corrected chi connectivity index (χ3v) is 5.33. The van der Waals surface area contributed by atoms with Crippen molar-refractivity contribution >= 4 is 11.6 Å². The molecule has 3 aromatic rings. The van der Waals surface area contributed by atoms with Gasteiger partial charge < -0.3 is 14.5 Å². The molecule has 4 rings (SSSR count). The van der Waals surface area contributed by atoms with E-state index in [-0.39, 0.29) is 17.8 Å². The van der Waals surface area contributed by atoms with Crippen molar-refractivity contribution in [3.8, 4) is 5.75 Å². The van der Waals surface area contributed by atoms with Gasteiger partial charge in [-0.05, 0) is 36.8 Å². The molecule has 7 nitrogen and oxygen atoms in total. The molecule has 1 fully saturated rings. The van der Waals surface area contributed by atoms with Gasteiger partial charge in [-0.3, -0.25) is 4.79 Å². The van der Waals surface area contributed by atoms with Gasteiger partial charge in [-0.2, -0.15) is 0 Å². The first kappa shape index (κ1) is 19.9. The fourth-order valence-corrected chi connectivity index (χ4v) is 3.77. The van der Waals surface area contributed by atoms with Crippen molar-refractivity contribution in [2.75, 3.05) is 31.6 Å². The second-order valence-corrected chi connectivity index (χ2v) is 7.39. The normalized spacial score (nSPS) is 16.6. The molecule has 1 amide bonds. The van der Waals surface area contributed by atoms with E-state index in [1.807, 2.05) is 36.1 Å². The lowest BCUT2D eigenvalue weighted by Crippen LogP contribution is -2.54. The van der Waals surface area contributed by atoms with Crippen molar-refractivity contribution in [1.82, 2.24) is 19.9 Å². The molecule has 1 aliphatic heterocycles. The van der Waals surface area contributed by atoms with Crippen LogP contribution in [0.4, 0.5) is 10.1 Å². The van der Waals surface area contributed by atoms with E-state index in [1.54, 1.807) is 30.1 Å². The molecule has 0 aliphatic carbocycles. The fourth-order valence-electron chi connectivity index (χ4n) is 3.77. The molecule has 1 saturated heterocycles. The number of rotatable bonds is 5. The third-order valence-electron chi connectivity index (χ3n) is 5.33. The van der Waals surface area contributed by atoms with Crippen molar-refractivity contribution in [3.63, 3.8) is 0 Å². The highest BCUT2D eigenvalue weighted by molar-refractivity contribution is 5.92. The molecule has 156 valence electrons. The standard InChI is InChI=1S/C22H24FN5O2/c1-16-13-26(20-5-3-4-6-21(20)30-2)11-12-28(16)22(29)19-15-27(25-24-19)14-17-7-9-18(23)10-8-17/h3-10,15-16H,11-14H2,1-2H3. The first-order chi connectivity index (χ1) is 14.5. The number of benzene rings is 2. The van der Waals surface area contributed by atoms with E-state index in [2.05, 4.69) is 15.2 Å². The van der Waals surface area contributed by atoms with E-state index in [1.165, 1.54) is 12.1 Å². The van der Waals surface area contributed by atoms with Gasteiger partial charge in [-0.15, -0.1) is 5.10 Å². The molecule has 2 aromatic carbocycles. The molecule has 0 radical (unpaired) electrons. The Labute approximate surface area is 174 Å². The van der Waals surface area contributed by atoms with E-state index in [4.69, 9.17) is 4.74 Å². The van der Waals surface area contributed by atoms with Gasteiger partial charge in [0.2, 0.25) is 0 Å². The van der Waals surface area contributed by atoms with Crippen molar-refractivity contribution in [2.24, 2.45) is 0 Å². The molecular weight excluding hydrogens is 385 g/mol. The summed E-state index contributed by atoms with van der Waals surface area (Å²) in [4.78, 5) is 17.1. The van der Waals surface area contributed by atoms with Gasteiger partial charge in [0.1, 0.15) is 11.6 Å². The van der Waals surface area contributed by atoms with Crippen molar-refractivity contribution in [3.05, 3.63) is 71.8 Å². The number of nitrogens with zero attached hydrogens (tertiary/aromatic N) is 5. The Bertz CT molecular complexity index is 1020. The van der Waals surface area contributed by atoms with Crippen LogP contribution in [0, 0.1) is 5.82 Å². The minimum Gasteiger partial charge on any atom is -0.495 e. The maximum absolute atomic E-state index is 13.1. The number of amides is 1. The summed E-state index contributed by atoms with van der Waals surface area (Å²) in [7, 11) is 1.66.